The molecule has 0 unspecified atom stereocenters. The van der Waals surface area contributed by atoms with Gasteiger partial charge in [-0.1, -0.05) is 12.1 Å². The number of nitrogens with zero attached hydrogens (tertiary/aromatic N) is 2. The number of carbonyl (C=O) groups is 1. The Hall–Kier alpha value is -1.72. The van der Waals surface area contributed by atoms with Crippen LogP contribution < -0.4 is 0 Å². The highest BCUT2D eigenvalue weighted by Crippen LogP contribution is 2.29. The predicted molar refractivity (Wildman–Crippen MR) is 87.7 cm³/mol. The number of amides is 1. The van der Waals surface area contributed by atoms with E-state index in [-0.39, 0.29) is 11.7 Å². The molecular weight excluding hydrogens is 299 g/mol. The van der Waals surface area contributed by atoms with Gasteiger partial charge in [0.1, 0.15) is 5.82 Å². The maximum Gasteiger partial charge on any atom is 0.263 e. The van der Waals surface area contributed by atoms with Gasteiger partial charge in [0.05, 0.1) is 4.88 Å². The molecule has 116 valence electrons. The van der Waals surface area contributed by atoms with Crippen LogP contribution in [0.3, 0.4) is 0 Å². The summed E-state index contributed by atoms with van der Waals surface area (Å²) in [6.45, 7) is 3.54. The molecule has 3 nitrogen and oxygen atoms in total. The monoisotopic (exact) mass is 318 g/mol. The lowest BCUT2D eigenvalue weighted by Gasteiger charge is -2.19. The van der Waals surface area contributed by atoms with Crippen molar-refractivity contribution in [3.8, 4) is 10.4 Å². The van der Waals surface area contributed by atoms with E-state index in [2.05, 4.69) is 11.9 Å². The minimum atomic E-state index is -0.245. The summed E-state index contributed by atoms with van der Waals surface area (Å²) >= 11 is 1.47. The molecular formula is C17H19FN2OS. The third kappa shape index (κ3) is 3.36. The first-order chi connectivity index (χ1) is 10.6. The molecule has 1 aliphatic heterocycles. The van der Waals surface area contributed by atoms with Crippen LogP contribution in [0.25, 0.3) is 10.4 Å². The van der Waals surface area contributed by atoms with Gasteiger partial charge in [-0.25, -0.2) is 4.39 Å². The molecule has 1 amide bonds. The summed E-state index contributed by atoms with van der Waals surface area (Å²) in [5.74, 6) is -0.140. The van der Waals surface area contributed by atoms with Crippen molar-refractivity contribution in [3.63, 3.8) is 0 Å². The fourth-order valence-electron chi connectivity index (χ4n) is 2.63. The van der Waals surface area contributed by atoms with Gasteiger partial charge in [0.2, 0.25) is 0 Å². The maximum atomic E-state index is 13.0. The van der Waals surface area contributed by atoms with Gasteiger partial charge < -0.3 is 9.80 Å². The Morgan fingerprint density at radius 1 is 1.05 bits per heavy atom. The first kappa shape index (κ1) is 15.2. The lowest BCUT2D eigenvalue weighted by molar-refractivity contribution is 0.0767. The Morgan fingerprint density at radius 2 is 1.82 bits per heavy atom. The van der Waals surface area contributed by atoms with Crippen LogP contribution in [0, 0.1) is 5.82 Å². The predicted octanol–water partition coefficient (Wildman–Crippen LogP) is 3.33. The molecule has 2 aromatic rings. The van der Waals surface area contributed by atoms with E-state index in [1.807, 2.05) is 17.0 Å². The van der Waals surface area contributed by atoms with Crippen molar-refractivity contribution < 1.29 is 9.18 Å². The number of hydrogen-bond acceptors (Lipinski definition) is 3. The molecule has 0 aliphatic carbocycles. The highest BCUT2D eigenvalue weighted by atomic mass is 32.1. The van der Waals surface area contributed by atoms with Crippen LogP contribution in [0.4, 0.5) is 4.39 Å². The zero-order valence-electron chi connectivity index (χ0n) is 12.6. The van der Waals surface area contributed by atoms with Gasteiger partial charge in [-0.05, 0) is 49.8 Å². The van der Waals surface area contributed by atoms with Crippen LogP contribution in [0.5, 0.6) is 0 Å². The third-order valence-corrected chi connectivity index (χ3v) is 5.07. The molecule has 1 saturated heterocycles. The molecule has 1 aromatic heterocycles. The van der Waals surface area contributed by atoms with Gasteiger partial charge in [-0.15, -0.1) is 11.3 Å². The highest BCUT2D eigenvalue weighted by molar-refractivity contribution is 7.17. The number of rotatable bonds is 2. The minimum absolute atomic E-state index is 0.105. The number of hydrogen-bond donors (Lipinski definition) is 0. The van der Waals surface area contributed by atoms with Crippen LogP contribution >= 0.6 is 11.3 Å². The average Bonchev–Trinajstić information content (AvgIpc) is 2.90. The molecule has 2 heterocycles. The normalized spacial score (nSPS) is 16.5. The van der Waals surface area contributed by atoms with E-state index >= 15 is 0 Å². The van der Waals surface area contributed by atoms with Gasteiger partial charge in [0, 0.05) is 24.5 Å². The van der Waals surface area contributed by atoms with Crippen molar-refractivity contribution in [2.24, 2.45) is 0 Å². The molecule has 0 atom stereocenters. The summed E-state index contributed by atoms with van der Waals surface area (Å²) in [5.41, 5.74) is 0.945. The van der Waals surface area contributed by atoms with Crippen LogP contribution in [-0.2, 0) is 0 Å². The molecule has 1 fully saturated rings. The summed E-state index contributed by atoms with van der Waals surface area (Å²) in [6, 6.07) is 10.2. The number of carbonyl (C=O) groups excluding carboxylic acids is 1. The van der Waals surface area contributed by atoms with Crippen molar-refractivity contribution in [1.29, 1.82) is 0 Å². The average molecular weight is 318 g/mol. The summed E-state index contributed by atoms with van der Waals surface area (Å²) < 4.78 is 13.0. The minimum Gasteiger partial charge on any atom is -0.337 e. The van der Waals surface area contributed by atoms with E-state index in [0.29, 0.717) is 0 Å². The van der Waals surface area contributed by atoms with Gasteiger partial charge in [0.15, 0.2) is 0 Å². The lowest BCUT2D eigenvalue weighted by atomic mass is 10.2. The van der Waals surface area contributed by atoms with Crippen LogP contribution in [-0.4, -0.2) is 48.9 Å². The zero-order valence-corrected chi connectivity index (χ0v) is 13.4. The Balaban J connectivity index is 1.75. The second kappa shape index (κ2) is 6.58. The van der Waals surface area contributed by atoms with Gasteiger partial charge in [-0.2, -0.15) is 0 Å². The smallest absolute Gasteiger partial charge is 0.263 e. The van der Waals surface area contributed by atoms with Crippen molar-refractivity contribution >= 4 is 17.2 Å². The van der Waals surface area contributed by atoms with E-state index in [4.69, 9.17) is 0 Å². The SMILES string of the molecule is CN1CCCN(C(=O)c2ccc(-c3ccc(F)cc3)s2)CC1. The molecule has 1 aliphatic rings. The second-order valence-corrected chi connectivity index (χ2v) is 6.70. The van der Waals surface area contributed by atoms with Crippen LogP contribution in [0.15, 0.2) is 36.4 Å². The molecule has 22 heavy (non-hydrogen) atoms. The first-order valence-electron chi connectivity index (χ1n) is 7.47. The summed E-state index contributed by atoms with van der Waals surface area (Å²) in [4.78, 5) is 18.6. The Labute approximate surface area is 134 Å². The summed E-state index contributed by atoms with van der Waals surface area (Å²) in [7, 11) is 2.09. The lowest BCUT2D eigenvalue weighted by Crippen LogP contribution is -2.34. The van der Waals surface area contributed by atoms with Gasteiger partial charge in [0.25, 0.3) is 5.91 Å². The molecule has 1 aromatic carbocycles. The van der Waals surface area contributed by atoms with Crippen molar-refractivity contribution in [3.05, 3.63) is 47.1 Å². The third-order valence-electron chi connectivity index (χ3n) is 3.95. The fraction of sp³-hybridized carbons (Fsp3) is 0.353. The number of benzene rings is 1. The summed E-state index contributed by atoms with van der Waals surface area (Å²) in [5, 5.41) is 0. The van der Waals surface area contributed by atoms with Crippen molar-refractivity contribution in [2.75, 3.05) is 33.2 Å². The van der Waals surface area contributed by atoms with E-state index in [1.54, 1.807) is 12.1 Å². The Bertz CT molecular complexity index is 653. The maximum absolute atomic E-state index is 13.0. The molecule has 3 rings (SSSR count). The quantitative estimate of drug-likeness (QED) is 0.848. The fourth-order valence-corrected chi connectivity index (χ4v) is 3.61. The molecule has 0 spiro atoms. The van der Waals surface area contributed by atoms with Crippen molar-refractivity contribution in [2.45, 2.75) is 6.42 Å². The molecule has 0 radical (unpaired) electrons. The number of thiophene rings is 1. The number of likely N-dealkylation sites (N-methyl/N-ethyl adjacent to an activating group) is 1. The Kier molecular flexibility index (Phi) is 4.55. The standard InChI is InChI=1S/C17H19FN2OS/c1-19-9-2-10-20(12-11-19)17(21)16-8-7-15(22-16)13-3-5-14(18)6-4-13/h3-8H,2,9-12H2,1H3. The Morgan fingerprint density at radius 3 is 2.59 bits per heavy atom. The topological polar surface area (TPSA) is 23.6 Å². The van der Waals surface area contributed by atoms with E-state index in [9.17, 15) is 9.18 Å². The molecule has 0 bridgehead atoms. The first-order valence-corrected chi connectivity index (χ1v) is 8.29. The number of halogens is 1. The van der Waals surface area contributed by atoms with Crippen LogP contribution in [0.1, 0.15) is 16.1 Å². The molecule has 0 N–H and O–H groups in total. The van der Waals surface area contributed by atoms with E-state index in [0.717, 1.165) is 47.9 Å². The second-order valence-electron chi connectivity index (χ2n) is 5.62. The van der Waals surface area contributed by atoms with Crippen molar-refractivity contribution in [1.82, 2.24) is 9.80 Å². The van der Waals surface area contributed by atoms with Gasteiger partial charge in [-0.3, -0.25) is 4.79 Å². The molecule has 5 heteroatoms. The van der Waals surface area contributed by atoms with E-state index < -0.39 is 0 Å². The highest BCUT2D eigenvalue weighted by Gasteiger charge is 2.20. The van der Waals surface area contributed by atoms with E-state index in [1.165, 1.54) is 23.5 Å². The molecule has 0 saturated carbocycles. The largest absolute Gasteiger partial charge is 0.337 e. The zero-order chi connectivity index (χ0) is 15.5. The summed E-state index contributed by atoms with van der Waals surface area (Å²) in [6.07, 6.45) is 1.01. The van der Waals surface area contributed by atoms with Crippen LogP contribution in [0.2, 0.25) is 0 Å². The van der Waals surface area contributed by atoms with Gasteiger partial charge >= 0.3 is 0 Å².